The third-order valence-electron chi connectivity index (χ3n) is 9.77. The number of hydrogen-bond donors (Lipinski definition) is 12. The van der Waals surface area contributed by atoms with Gasteiger partial charge in [-0.05, 0) is 47.1 Å². The molecule has 0 aromatic rings. The fraction of sp³-hybridized carbons (Fsp3) is 0.516. The third kappa shape index (κ3) is 13.8. The Morgan fingerprint density at radius 1 is 0.697 bits per heavy atom. The maximum Gasteiger partial charge on any atom is 0.490 e. The van der Waals surface area contributed by atoms with Crippen molar-refractivity contribution in [2.75, 3.05) is 13.2 Å². The van der Waals surface area contributed by atoms with Crippen molar-refractivity contribution < 1.29 is 113 Å². The highest BCUT2D eigenvalue weighted by Crippen LogP contribution is 2.68. The minimum absolute atomic E-state index is 0.133. The highest BCUT2D eigenvalue weighted by atomic mass is 31.3. The van der Waals surface area contributed by atoms with Crippen LogP contribution in [-0.2, 0) is 63.2 Å². The van der Waals surface area contributed by atoms with Gasteiger partial charge in [-0.3, -0.25) is 9.05 Å². The molecule has 2 fully saturated rings. The van der Waals surface area contributed by atoms with Crippen LogP contribution in [0, 0.1) is 35.5 Å². The van der Waals surface area contributed by atoms with Gasteiger partial charge in [-0.2, -0.15) is 17.2 Å². The van der Waals surface area contributed by atoms with Crippen LogP contribution in [0.25, 0.3) is 0 Å². The summed E-state index contributed by atoms with van der Waals surface area (Å²) < 4.78 is 104. The molecule has 12 atom stereocenters. The minimum atomic E-state index is -5.71. The van der Waals surface area contributed by atoms with E-state index in [2.05, 4.69) is 68.2 Å². The van der Waals surface area contributed by atoms with E-state index in [1.54, 1.807) is 20.0 Å². The number of aliphatic hydroxyl groups is 2. The van der Waals surface area contributed by atoms with Gasteiger partial charge in [0.25, 0.3) is 0 Å². The highest BCUT2D eigenvalue weighted by Gasteiger charge is 2.63. The lowest BCUT2D eigenvalue weighted by molar-refractivity contribution is -0.122. The molecule has 0 bridgehead atoms. The molecule has 0 aliphatic carbocycles. The lowest BCUT2D eigenvalue weighted by atomic mass is 9.78. The first-order valence-corrected chi connectivity index (χ1v) is 26.9. The molecule has 4 aliphatic rings. The van der Waals surface area contributed by atoms with Crippen molar-refractivity contribution in [1.29, 1.82) is 0 Å². The van der Waals surface area contributed by atoms with Gasteiger partial charge in [0, 0.05) is 23.7 Å². The zero-order valence-corrected chi connectivity index (χ0v) is 40.8. The van der Waals surface area contributed by atoms with Gasteiger partial charge in [0.1, 0.15) is 51.7 Å². The van der Waals surface area contributed by atoms with Crippen LogP contribution in [-0.4, -0.2) is 114 Å². The number of phosphoric ester groups is 2. The number of ether oxygens (including phenoxy) is 2. The number of aliphatic hydroxyl groups excluding tert-OH is 2. The Morgan fingerprint density at radius 3 is 1.42 bits per heavy atom. The van der Waals surface area contributed by atoms with Crippen molar-refractivity contribution in [3.63, 3.8) is 0 Å². The second kappa shape index (κ2) is 19.6. The van der Waals surface area contributed by atoms with Gasteiger partial charge < -0.3 is 79.7 Å². The predicted octanol–water partition coefficient (Wildman–Crippen LogP) is 1.73. The van der Waals surface area contributed by atoms with Gasteiger partial charge in [-0.25, -0.2) is 32.4 Å². The van der Waals surface area contributed by atoms with E-state index in [0.717, 1.165) is 0 Å². The number of allylic oxidation sites excluding steroid dienone is 1. The van der Waals surface area contributed by atoms with Crippen molar-refractivity contribution in [2.45, 2.75) is 77.4 Å². The van der Waals surface area contributed by atoms with Crippen LogP contribution in [0.3, 0.4) is 0 Å². The van der Waals surface area contributed by atoms with E-state index in [0.29, 0.717) is 22.7 Å². The molecule has 4 heterocycles. The molecule has 2 saturated heterocycles. The second-order valence-corrected chi connectivity index (χ2v) is 24.2. The van der Waals surface area contributed by atoms with Crippen molar-refractivity contribution in [3.05, 3.63) is 60.6 Å². The van der Waals surface area contributed by atoms with E-state index >= 15 is 0 Å². The van der Waals surface area contributed by atoms with E-state index in [-0.39, 0.29) is 11.7 Å². The number of aliphatic imine (C=N–C) groups is 1. The van der Waals surface area contributed by atoms with Crippen molar-refractivity contribution in [1.82, 2.24) is 15.1 Å². The van der Waals surface area contributed by atoms with Crippen LogP contribution in [0.15, 0.2) is 65.6 Å². The third-order valence-corrected chi connectivity index (χ3v) is 17.3. The minimum Gasteiger partial charge on any atom is -0.388 e. The lowest BCUT2D eigenvalue weighted by Gasteiger charge is -2.39. The Bertz CT molecular complexity index is 2470. The monoisotopic (exact) mass is 1060 g/mol. The Kier molecular flexibility index (Phi) is 17.1. The first kappa shape index (κ1) is 57.7. The molecular formula is C31H49N5O24P6. The van der Waals surface area contributed by atoms with Crippen LogP contribution in [0.4, 0.5) is 0 Å². The summed E-state index contributed by atoms with van der Waals surface area (Å²) in [4.78, 5) is 79.3. The van der Waals surface area contributed by atoms with E-state index in [1.807, 2.05) is 0 Å². The molecule has 0 aromatic heterocycles. The molecule has 0 aromatic carbocycles. The van der Waals surface area contributed by atoms with Crippen LogP contribution < -0.4 is 11.1 Å². The average molecular weight is 1060 g/mol. The van der Waals surface area contributed by atoms with Crippen LogP contribution >= 0.6 is 46.9 Å². The number of phosphoric acid groups is 6. The second-order valence-electron chi connectivity index (χ2n) is 15.4. The molecule has 66 heavy (non-hydrogen) atoms. The Hall–Kier alpha value is -2.65. The molecule has 29 nitrogen and oxygen atoms in total. The molecule has 0 amide bonds. The smallest absolute Gasteiger partial charge is 0.388 e. The zero-order chi connectivity index (χ0) is 51.2. The summed E-state index contributed by atoms with van der Waals surface area (Å²) in [5.74, 6) is 5.53. The van der Waals surface area contributed by atoms with Gasteiger partial charge in [0.05, 0.1) is 13.2 Å². The SMILES string of the molecule is C#CC1(C)[C@@H](O)[C@@](C)(COP(=O)(O)OP(=O)(O)OP(=O)(O)O)O[C@H]1N1C=C(C)C(=C)NC1=C.C#CC1(C)[C@@H](O)[C@@](C)(COP(=O)(O)OP(=O)(O)OP(=O)(O)O)O[C@H]1N1C=C(C)C(N)=NC1=C. The fourth-order valence-corrected chi connectivity index (χ4v) is 12.6. The first-order chi connectivity index (χ1) is 29.5. The number of hydrogen-bond acceptors (Lipinski definition) is 21. The highest BCUT2D eigenvalue weighted by molar-refractivity contribution is 7.67. The average Bonchev–Trinajstić information content (AvgIpc) is 3.46. The molecule has 4 rings (SSSR count). The molecule has 372 valence electrons. The van der Waals surface area contributed by atoms with Gasteiger partial charge in [0.2, 0.25) is 0 Å². The van der Waals surface area contributed by atoms with E-state index < -0.39 is 107 Å². The Labute approximate surface area is 377 Å². The summed E-state index contributed by atoms with van der Waals surface area (Å²) in [6.45, 7) is 18.6. The van der Waals surface area contributed by atoms with Gasteiger partial charge >= 0.3 is 46.9 Å². The number of amidine groups is 1. The Morgan fingerprint density at radius 2 is 1.06 bits per heavy atom. The van der Waals surface area contributed by atoms with Crippen LogP contribution in [0.5, 0.6) is 0 Å². The summed E-state index contributed by atoms with van der Waals surface area (Å²) in [6, 6.07) is 0. The molecule has 0 spiro atoms. The maximum absolute atomic E-state index is 12.1. The van der Waals surface area contributed by atoms with E-state index in [9.17, 15) is 57.2 Å². The summed E-state index contributed by atoms with van der Waals surface area (Å²) in [7, 11) is -33.4. The number of rotatable bonds is 16. The summed E-state index contributed by atoms with van der Waals surface area (Å²) in [5, 5.41) is 24.8. The molecule has 13 N–H and O–H groups in total. The predicted molar refractivity (Wildman–Crippen MR) is 225 cm³/mol. The largest absolute Gasteiger partial charge is 0.490 e. The zero-order valence-electron chi connectivity index (χ0n) is 35.4. The number of nitrogens with zero attached hydrogens (tertiary/aromatic N) is 3. The topological polar surface area (TPSA) is 435 Å². The van der Waals surface area contributed by atoms with Crippen LogP contribution in [0.2, 0.25) is 0 Å². The lowest BCUT2D eigenvalue weighted by Crippen LogP contribution is -2.48. The molecule has 6 unspecified atom stereocenters. The summed E-state index contributed by atoms with van der Waals surface area (Å²) in [6.07, 6.45) is 9.30. The molecule has 0 radical (unpaired) electrons. The molecular weight excluding hydrogens is 1010 g/mol. The number of terminal acetylenes is 2. The number of nitrogens with two attached hydrogens (primary N) is 1. The summed E-state index contributed by atoms with van der Waals surface area (Å²) in [5.41, 5.74) is 1.19. The fourth-order valence-electron chi connectivity index (χ4n) is 6.41. The van der Waals surface area contributed by atoms with Gasteiger partial charge in [-0.15, -0.1) is 12.8 Å². The van der Waals surface area contributed by atoms with E-state index in [4.69, 9.17) is 47.6 Å². The standard InChI is InChI=1S/C16H25N2O12P3.C15H24N3O12P3/c1-7-15(5)13(19)16(6,28-14(15)18-8-10(2)11(3)17-12(18)4)9-27-32(23,24)30-33(25,26)29-31(20,21)22;1-6-14(4)12(19)15(5,28-13(14)18-7-9(2)11(16)17-10(18)3)8-27-32(23,24)30-33(25,26)29-31(20,21)22/h1,8,13-14,17,19H,3-4,9H2,2,5-6H3,(H,23,24)(H,25,26)(H2,20,21,22);1,7,12-13,19H,3,8H2,2,4-5H3,(H2,16,17)(H,23,24)(H,25,26)(H2,20,21,22)/t13-,14-,15?,16-;12-,13-,14?,15-/m11/s1. The maximum atomic E-state index is 12.1. The van der Waals surface area contributed by atoms with Crippen molar-refractivity contribution in [3.8, 4) is 24.7 Å². The molecule has 0 saturated carbocycles. The molecule has 4 aliphatic heterocycles. The summed E-state index contributed by atoms with van der Waals surface area (Å²) >= 11 is 0. The normalized spacial score (nSPS) is 34.2. The van der Waals surface area contributed by atoms with Gasteiger partial charge in [-0.1, -0.05) is 31.6 Å². The van der Waals surface area contributed by atoms with Crippen molar-refractivity contribution in [2.24, 2.45) is 21.6 Å². The number of nitrogens with one attached hydrogen (secondary N) is 1. The Balaban J connectivity index is 0.000000350. The van der Waals surface area contributed by atoms with Crippen LogP contribution in [0.1, 0.15) is 41.5 Å². The first-order valence-electron chi connectivity index (χ1n) is 17.9. The van der Waals surface area contributed by atoms with Crippen molar-refractivity contribution >= 4 is 52.8 Å². The molecule has 35 heteroatoms. The van der Waals surface area contributed by atoms with E-state index in [1.165, 1.54) is 43.7 Å². The van der Waals surface area contributed by atoms with Gasteiger partial charge in [0.15, 0.2) is 12.5 Å². The quantitative estimate of drug-likeness (QED) is 0.0773.